The van der Waals surface area contributed by atoms with Gasteiger partial charge >= 0.3 is 0 Å². The van der Waals surface area contributed by atoms with E-state index in [0.717, 1.165) is 0 Å². The zero-order valence-electron chi connectivity index (χ0n) is 10.6. The molecular formula is C14H20O3S. The second-order valence-electron chi connectivity index (χ2n) is 5.28. The van der Waals surface area contributed by atoms with Crippen LogP contribution in [0.3, 0.4) is 0 Å². The molecule has 1 fully saturated rings. The highest BCUT2D eigenvalue weighted by molar-refractivity contribution is 7.91. The Kier molecular flexibility index (Phi) is 4.07. The molecule has 0 spiro atoms. The number of benzene rings is 1. The quantitative estimate of drug-likeness (QED) is 0.908. The van der Waals surface area contributed by atoms with Gasteiger partial charge in [0.25, 0.3) is 0 Å². The van der Waals surface area contributed by atoms with Crippen LogP contribution in [-0.4, -0.2) is 31.1 Å². The lowest BCUT2D eigenvalue weighted by molar-refractivity contribution is 0.104. The second-order valence-corrected chi connectivity index (χ2v) is 7.51. The van der Waals surface area contributed by atoms with Crippen LogP contribution in [0.2, 0.25) is 0 Å². The molecule has 0 radical (unpaired) electrons. The Hall–Kier alpha value is -0.870. The summed E-state index contributed by atoms with van der Waals surface area (Å²) in [6.45, 7) is 2.07. The molecule has 0 amide bonds. The first-order valence-corrected chi connectivity index (χ1v) is 8.23. The number of hydrogen-bond acceptors (Lipinski definition) is 3. The third kappa shape index (κ3) is 3.33. The standard InChI is InChI=1S/C14H20O3S/c1-11(12-5-3-2-4-6-12)9-14(15)13-7-8-18(16,17)10-13/h2-6,11,13-15H,7-10H2,1H3. The van der Waals surface area contributed by atoms with Gasteiger partial charge in [-0.05, 0) is 30.2 Å². The highest BCUT2D eigenvalue weighted by atomic mass is 32.2. The second kappa shape index (κ2) is 5.41. The van der Waals surface area contributed by atoms with Gasteiger partial charge < -0.3 is 5.11 Å². The summed E-state index contributed by atoms with van der Waals surface area (Å²) in [6.07, 6.45) is 0.715. The maximum atomic E-state index is 11.4. The average Bonchev–Trinajstić information content (AvgIpc) is 2.71. The minimum absolute atomic E-state index is 0.0823. The van der Waals surface area contributed by atoms with Gasteiger partial charge in [0, 0.05) is 0 Å². The van der Waals surface area contributed by atoms with Crippen LogP contribution in [-0.2, 0) is 9.84 Å². The zero-order chi connectivity index (χ0) is 13.2. The van der Waals surface area contributed by atoms with Crippen LogP contribution in [0.4, 0.5) is 0 Å². The van der Waals surface area contributed by atoms with Crippen molar-refractivity contribution in [3.63, 3.8) is 0 Å². The summed E-state index contributed by atoms with van der Waals surface area (Å²) >= 11 is 0. The predicted molar refractivity (Wildman–Crippen MR) is 72.2 cm³/mol. The number of aliphatic hydroxyl groups excluding tert-OH is 1. The molecular weight excluding hydrogens is 248 g/mol. The molecule has 1 N–H and O–H groups in total. The summed E-state index contributed by atoms with van der Waals surface area (Å²) in [4.78, 5) is 0. The summed E-state index contributed by atoms with van der Waals surface area (Å²) in [5.41, 5.74) is 1.19. The van der Waals surface area contributed by atoms with Crippen molar-refractivity contribution in [3.8, 4) is 0 Å². The Labute approximate surface area is 109 Å². The van der Waals surface area contributed by atoms with Crippen molar-refractivity contribution in [2.75, 3.05) is 11.5 Å². The summed E-state index contributed by atoms with van der Waals surface area (Å²) in [7, 11) is -2.90. The van der Waals surface area contributed by atoms with Crippen molar-refractivity contribution in [1.82, 2.24) is 0 Å². The van der Waals surface area contributed by atoms with E-state index >= 15 is 0 Å². The maximum Gasteiger partial charge on any atom is 0.150 e. The number of sulfone groups is 1. The molecule has 0 aromatic heterocycles. The number of hydrogen-bond donors (Lipinski definition) is 1. The van der Waals surface area contributed by atoms with Crippen LogP contribution >= 0.6 is 0 Å². The molecule has 0 bridgehead atoms. The fourth-order valence-corrected chi connectivity index (χ4v) is 4.47. The smallest absolute Gasteiger partial charge is 0.150 e. The van der Waals surface area contributed by atoms with Crippen molar-refractivity contribution in [3.05, 3.63) is 35.9 Å². The summed E-state index contributed by atoms with van der Waals surface area (Å²) in [6, 6.07) is 10.0. The summed E-state index contributed by atoms with van der Waals surface area (Å²) in [5.74, 6) is 0.551. The first-order chi connectivity index (χ1) is 8.48. The average molecular weight is 268 g/mol. The Bertz CT molecular complexity index is 481. The molecule has 1 aromatic rings. The van der Waals surface area contributed by atoms with E-state index in [2.05, 4.69) is 6.92 Å². The van der Waals surface area contributed by atoms with E-state index in [-0.39, 0.29) is 23.3 Å². The SMILES string of the molecule is CC(CC(O)C1CCS(=O)(=O)C1)c1ccccc1. The molecule has 1 aliphatic rings. The molecule has 3 atom stereocenters. The van der Waals surface area contributed by atoms with Crippen molar-refractivity contribution < 1.29 is 13.5 Å². The largest absolute Gasteiger partial charge is 0.393 e. The minimum atomic E-state index is -2.90. The van der Waals surface area contributed by atoms with Gasteiger partial charge in [-0.25, -0.2) is 8.42 Å². The molecule has 3 unspecified atom stereocenters. The predicted octanol–water partition coefficient (Wildman–Crippen LogP) is 1.98. The van der Waals surface area contributed by atoms with E-state index in [1.165, 1.54) is 5.56 Å². The topological polar surface area (TPSA) is 54.4 Å². The van der Waals surface area contributed by atoms with Crippen molar-refractivity contribution in [2.45, 2.75) is 31.8 Å². The monoisotopic (exact) mass is 268 g/mol. The first kappa shape index (κ1) is 13.6. The molecule has 3 nitrogen and oxygen atoms in total. The molecule has 0 aliphatic carbocycles. The van der Waals surface area contributed by atoms with E-state index in [4.69, 9.17) is 0 Å². The molecule has 2 rings (SSSR count). The van der Waals surface area contributed by atoms with E-state index in [0.29, 0.717) is 12.8 Å². The van der Waals surface area contributed by atoms with Gasteiger partial charge in [-0.3, -0.25) is 0 Å². The van der Waals surface area contributed by atoms with E-state index < -0.39 is 15.9 Å². The normalized spacial score (nSPS) is 25.8. The highest BCUT2D eigenvalue weighted by Crippen LogP contribution is 2.28. The first-order valence-electron chi connectivity index (χ1n) is 6.41. The molecule has 1 heterocycles. The van der Waals surface area contributed by atoms with Gasteiger partial charge in [0.15, 0.2) is 9.84 Å². The minimum Gasteiger partial charge on any atom is -0.393 e. The molecule has 18 heavy (non-hydrogen) atoms. The number of rotatable bonds is 4. The fraction of sp³-hybridized carbons (Fsp3) is 0.571. The van der Waals surface area contributed by atoms with Crippen LogP contribution in [0.25, 0.3) is 0 Å². The fourth-order valence-electron chi connectivity index (χ4n) is 2.60. The van der Waals surface area contributed by atoms with E-state index in [9.17, 15) is 13.5 Å². The van der Waals surface area contributed by atoms with Crippen LogP contribution in [0.1, 0.15) is 31.2 Å². The van der Waals surface area contributed by atoms with Crippen LogP contribution in [0.15, 0.2) is 30.3 Å². The van der Waals surface area contributed by atoms with Gasteiger partial charge in [0.05, 0.1) is 17.6 Å². The highest BCUT2D eigenvalue weighted by Gasteiger charge is 2.33. The lowest BCUT2D eigenvalue weighted by Crippen LogP contribution is -2.23. The Morgan fingerprint density at radius 3 is 2.56 bits per heavy atom. The Morgan fingerprint density at radius 2 is 2.00 bits per heavy atom. The molecule has 4 heteroatoms. The van der Waals surface area contributed by atoms with Crippen molar-refractivity contribution in [2.24, 2.45) is 5.92 Å². The van der Waals surface area contributed by atoms with E-state index in [1.807, 2.05) is 30.3 Å². The van der Waals surface area contributed by atoms with Gasteiger partial charge in [0.1, 0.15) is 0 Å². The third-order valence-electron chi connectivity index (χ3n) is 3.78. The molecule has 1 aromatic carbocycles. The van der Waals surface area contributed by atoms with Crippen LogP contribution < -0.4 is 0 Å². The Balaban J connectivity index is 1.94. The van der Waals surface area contributed by atoms with Crippen molar-refractivity contribution in [1.29, 1.82) is 0 Å². The lowest BCUT2D eigenvalue weighted by Gasteiger charge is -2.21. The van der Waals surface area contributed by atoms with Crippen LogP contribution in [0, 0.1) is 5.92 Å². The van der Waals surface area contributed by atoms with Crippen LogP contribution in [0.5, 0.6) is 0 Å². The van der Waals surface area contributed by atoms with Gasteiger partial charge in [-0.2, -0.15) is 0 Å². The van der Waals surface area contributed by atoms with Crippen molar-refractivity contribution >= 4 is 9.84 Å². The Morgan fingerprint density at radius 1 is 1.33 bits per heavy atom. The molecule has 1 aliphatic heterocycles. The summed E-state index contributed by atoms with van der Waals surface area (Å²) in [5, 5.41) is 10.1. The molecule has 0 saturated carbocycles. The van der Waals surface area contributed by atoms with Gasteiger partial charge in [0.2, 0.25) is 0 Å². The van der Waals surface area contributed by atoms with Gasteiger partial charge in [-0.15, -0.1) is 0 Å². The zero-order valence-corrected chi connectivity index (χ0v) is 11.4. The lowest BCUT2D eigenvalue weighted by atomic mass is 9.89. The number of aliphatic hydroxyl groups is 1. The summed E-state index contributed by atoms with van der Waals surface area (Å²) < 4.78 is 22.8. The van der Waals surface area contributed by atoms with Gasteiger partial charge in [-0.1, -0.05) is 37.3 Å². The maximum absolute atomic E-state index is 11.4. The molecule has 1 saturated heterocycles. The molecule has 100 valence electrons. The van der Waals surface area contributed by atoms with E-state index in [1.54, 1.807) is 0 Å². The third-order valence-corrected chi connectivity index (χ3v) is 5.57.